The average Bonchev–Trinajstić information content (AvgIpc) is 3.14. The molecule has 28 heavy (non-hydrogen) atoms. The quantitative estimate of drug-likeness (QED) is 0.742. The Labute approximate surface area is 161 Å². The van der Waals surface area contributed by atoms with E-state index in [1.807, 2.05) is 13.0 Å². The second-order valence-corrected chi connectivity index (χ2v) is 6.24. The molecule has 1 aliphatic rings. The van der Waals surface area contributed by atoms with Crippen LogP contribution in [0.3, 0.4) is 0 Å². The van der Waals surface area contributed by atoms with Crippen LogP contribution < -0.4 is 20.1 Å². The van der Waals surface area contributed by atoms with Crippen molar-refractivity contribution in [1.82, 2.24) is 5.32 Å². The molecule has 1 heterocycles. The molecule has 0 bridgehead atoms. The normalized spacial score (nSPS) is 12.8. The highest BCUT2D eigenvalue weighted by molar-refractivity contribution is 5.93. The first-order valence-corrected chi connectivity index (χ1v) is 8.66. The van der Waals surface area contributed by atoms with Crippen molar-refractivity contribution in [2.75, 3.05) is 18.7 Å². The molecule has 2 aromatic rings. The molecule has 146 valence electrons. The molecule has 2 aromatic carbocycles. The van der Waals surface area contributed by atoms with Gasteiger partial charge in [-0.25, -0.2) is 4.79 Å². The third kappa shape index (κ3) is 4.79. The van der Waals surface area contributed by atoms with Crippen LogP contribution >= 0.6 is 0 Å². The Bertz CT molecular complexity index is 894. The van der Waals surface area contributed by atoms with Crippen LogP contribution in [0.15, 0.2) is 42.5 Å². The molecule has 3 rings (SSSR count). The van der Waals surface area contributed by atoms with Gasteiger partial charge in [0.1, 0.15) is 0 Å². The highest BCUT2D eigenvalue weighted by Gasteiger charge is 2.17. The number of carbonyl (C=O) groups excluding carboxylic acids is 3. The number of fused-ring (bicyclic) bond motifs is 1. The maximum absolute atomic E-state index is 12.1. The molecule has 1 atom stereocenters. The van der Waals surface area contributed by atoms with Gasteiger partial charge in [0.2, 0.25) is 12.7 Å². The molecule has 2 N–H and O–H groups in total. The molecule has 2 amide bonds. The van der Waals surface area contributed by atoms with Crippen LogP contribution in [0, 0.1) is 0 Å². The molecule has 1 aliphatic heterocycles. The lowest BCUT2D eigenvalue weighted by Crippen LogP contribution is -2.31. The van der Waals surface area contributed by atoms with Gasteiger partial charge in [-0.15, -0.1) is 0 Å². The lowest BCUT2D eigenvalue weighted by Gasteiger charge is -2.15. The minimum Gasteiger partial charge on any atom is -0.454 e. The molecule has 8 heteroatoms. The Hall–Kier alpha value is -3.55. The number of carbonyl (C=O) groups is 3. The first kappa shape index (κ1) is 19.2. The van der Waals surface area contributed by atoms with E-state index in [2.05, 4.69) is 10.6 Å². The standard InChI is InChI=1S/C20H20N2O6/c1-12(15-5-8-17-18(9-15)28-11-27-17)21-19(24)10-26-20(25)14-3-6-16(7-4-14)22-13(2)23/h3-9,12H,10-11H2,1-2H3,(H,21,24)(H,22,23)/t12-/m1/s1. The predicted octanol–water partition coefficient (Wildman–Crippen LogP) is 2.41. The zero-order valence-electron chi connectivity index (χ0n) is 15.5. The summed E-state index contributed by atoms with van der Waals surface area (Å²) in [6.45, 7) is 2.99. The molecule has 0 aromatic heterocycles. The van der Waals surface area contributed by atoms with Gasteiger partial charge in [-0.05, 0) is 48.9 Å². The van der Waals surface area contributed by atoms with E-state index in [1.165, 1.54) is 19.1 Å². The predicted molar refractivity (Wildman–Crippen MR) is 100 cm³/mol. The topological polar surface area (TPSA) is 103 Å². The van der Waals surface area contributed by atoms with Crippen molar-refractivity contribution in [3.63, 3.8) is 0 Å². The van der Waals surface area contributed by atoms with Gasteiger partial charge in [0.25, 0.3) is 5.91 Å². The fourth-order valence-electron chi connectivity index (χ4n) is 2.66. The summed E-state index contributed by atoms with van der Waals surface area (Å²) in [7, 11) is 0. The molecular formula is C20H20N2O6. The van der Waals surface area contributed by atoms with Crippen LogP contribution in [0.2, 0.25) is 0 Å². The fraction of sp³-hybridized carbons (Fsp3) is 0.250. The molecule has 0 fully saturated rings. The van der Waals surface area contributed by atoms with Crippen molar-refractivity contribution < 1.29 is 28.6 Å². The number of esters is 1. The van der Waals surface area contributed by atoms with E-state index in [1.54, 1.807) is 24.3 Å². The lowest BCUT2D eigenvalue weighted by atomic mass is 10.1. The lowest BCUT2D eigenvalue weighted by molar-refractivity contribution is -0.124. The largest absolute Gasteiger partial charge is 0.454 e. The summed E-state index contributed by atoms with van der Waals surface area (Å²) in [6, 6.07) is 11.3. The monoisotopic (exact) mass is 384 g/mol. The fourth-order valence-corrected chi connectivity index (χ4v) is 2.66. The number of benzene rings is 2. The van der Waals surface area contributed by atoms with E-state index in [0.29, 0.717) is 17.2 Å². The second-order valence-electron chi connectivity index (χ2n) is 6.24. The minimum atomic E-state index is -0.625. The molecule has 0 spiro atoms. The minimum absolute atomic E-state index is 0.182. The molecule has 0 saturated carbocycles. The Morgan fingerprint density at radius 1 is 1.07 bits per heavy atom. The summed E-state index contributed by atoms with van der Waals surface area (Å²) in [5.74, 6) is 0.0469. The molecule has 8 nitrogen and oxygen atoms in total. The molecule has 0 aliphatic carbocycles. The third-order valence-corrected chi connectivity index (χ3v) is 4.05. The van der Waals surface area contributed by atoms with Crippen LogP contribution in [0.1, 0.15) is 35.8 Å². The number of hydrogen-bond donors (Lipinski definition) is 2. The van der Waals surface area contributed by atoms with Crippen molar-refractivity contribution in [2.45, 2.75) is 19.9 Å². The third-order valence-electron chi connectivity index (χ3n) is 4.05. The maximum atomic E-state index is 12.1. The van der Waals surface area contributed by atoms with Gasteiger partial charge in [-0.3, -0.25) is 9.59 Å². The van der Waals surface area contributed by atoms with Crippen molar-refractivity contribution in [3.05, 3.63) is 53.6 Å². The van der Waals surface area contributed by atoms with Gasteiger partial charge >= 0.3 is 5.97 Å². The second kappa shape index (κ2) is 8.43. The molecule has 0 unspecified atom stereocenters. The smallest absolute Gasteiger partial charge is 0.338 e. The van der Waals surface area contributed by atoms with E-state index >= 15 is 0 Å². The van der Waals surface area contributed by atoms with Crippen LogP contribution in [-0.2, 0) is 14.3 Å². The van der Waals surface area contributed by atoms with Crippen LogP contribution in [0.4, 0.5) is 5.69 Å². The molecule has 0 radical (unpaired) electrons. The van der Waals surface area contributed by atoms with E-state index < -0.39 is 18.5 Å². The number of nitrogens with one attached hydrogen (secondary N) is 2. The zero-order valence-corrected chi connectivity index (χ0v) is 15.5. The van der Waals surface area contributed by atoms with Crippen molar-refractivity contribution in [1.29, 1.82) is 0 Å². The van der Waals surface area contributed by atoms with Crippen LogP contribution in [0.25, 0.3) is 0 Å². The van der Waals surface area contributed by atoms with Crippen molar-refractivity contribution in [3.8, 4) is 11.5 Å². The first-order valence-electron chi connectivity index (χ1n) is 8.66. The van der Waals surface area contributed by atoms with Gasteiger partial charge in [-0.2, -0.15) is 0 Å². The highest BCUT2D eigenvalue weighted by Crippen LogP contribution is 2.34. The summed E-state index contributed by atoms with van der Waals surface area (Å²) in [6.07, 6.45) is 0. The average molecular weight is 384 g/mol. The van der Waals surface area contributed by atoms with Crippen molar-refractivity contribution >= 4 is 23.5 Å². The Balaban J connectivity index is 1.49. The Morgan fingerprint density at radius 2 is 1.79 bits per heavy atom. The first-order chi connectivity index (χ1) is 13.4. The Kier molecular flexibility index (Phi) is 5.78. The Morgan fingerprint density at radius 3 is 2.50 bits per heavy atom. The number of ether oxygens (including phenoxy) is 3. The van der Waals surface area contributed by atoms with E-state index in [4.69, 9.17) is 14.2 Å². The van der Waals surface area contributed by atoms with Gasteiger partial charge in [0, 0.05) is 12.6 Å². The highest BCUT2D eigenvalue weighted by atomic mass is 16.7. The number of hydrogen-bond acceptors (Lipinski definition) is 6. The van der Waals surface area contributed by atoms with E-state index in [9.17, 15) is 14.4 Å². The van der Waals surface area contributed by atoms with Crippen LogP contribution in [-0.4, -0.2) is 31.2 Å². The summed E-state index contributed by atoms with van der Waals surface area (Å²) in [5, 5.41) is 5.37. The number of anilines is 1. The van der Waals surface area contributed by atoms with Gasteiger partial charge in [0.05, 0.1) is 11.6 Å². The summed E-state index contributed by atoms with van der Waals surface area (Å²) < 4.78 is 15.6. The number of rotatable bonds is 6. The van der Waals surface area contributed by atoms with Crippen molar-refractivity contribution in [2.24, 2.45) is 0 Å². The summed E-state index contributed by atoms with van der Waals surface area (Å²) in [4.78, 5) is 35.1. The summed E-state index contributed by atoms with van der Waals surface area (Å²) >= 11 is 0. The van der Waals surface area contributed by atoms with E-state index in [-0.39, 0.29) is 24.3 Å². The van der Waals surface area contributed by atoms with E-state index in [0.717, 1.165) is 5.56 Å². The molecule has 0 saturated heterocycles. The SMILES string of the molecule is CC(=O)Nc1ccc(C(=O)OCC(=O)N[C@H](C)c2ccc3c(c2)OCO3)cc1. The van der Waals surface area contributed by atoms with Gasteiger partial charge in [-0.1, -0.05) is 6.07 Å². The molecular weight excluding hydrogens is 364 g/mol. The van der Waals surface area contributed by atoms with Gasteiger partial charge in [0.15, 0.2) is 18.1 Å². The summed E-state index contributed by atoms with van der Waals surface area (Å²) in [5.41, 5.74) is 1.70. The van der Waals surface area contributed by atoms with Gasteiger partial charge < -0.3 is 24.8 Å². The maximum Gasteiger partial charge on any atom is 0.338 e. The number of amides is 2. The van der Waals surface area contributed by atoms with Crippen LogP contribution in [0.5, 0.6) is 11.5 Å². The zero-order chi connectivity index (χ0) is 20.1.